The maximum absolute atomic E-state index is 12.6. The molecule has 0 aromatic carbocycles. The fourth-order valence-electron chi connectivity index (χ4n) is 5.52. The Hall–Kier alpha value is -1.29. The molecule has 0 rings (SSSR count). The normalized spacial score (nSPS) is 14.1. The van der Waals surface area contributed by atoms with Gasteiger partial charge in [-0.05, 0) is 38.5 Å². The Balaban J connectivity index is 4.33. The third kappa shape index (κ3) is 35.1. The van der Waals surface area contributed by atoms with Crippen molar-refractivity contribution >= 4 is 19.8 Å². The van der Waals surface area contributed by atoms with Crippen LogP contribution in [0.25, 0.3) is 0 Å². The van der Waals surface area contributed by atoms with E-state index in [1.54, 1.807) is 0 Å². The molecule has 0 aliphatic heterocycles. The second kappa shape index (κ2) is 36.1. The second-order valence-electron chi connectivity index (χ2n) is 13.7. The molecule has 10 nitrogen and oxygen atoms in total. The van der Waals surface area contributed by atoms with Crippen LogP contribution in [-0.2, 0) is 32.7 Å². The Morgan fingerprint density at radius 1 is 0.580 bits per heavy atom. The maximum Gasteiger partial charge on any atom is 0.472 e. The minimum atomic E-state index is -4.61. The van der Waals surface area contributed by atoms with E-state index in [1.165, 1.54) is 89.9 Å². The summed E-state index contributed by atoms with van der Waals surface area (Å²) in [6.07, 6.45) is 31.7. The molecule has 0 bridgehead atoms. The summed E-state index contributed by atoms with van der Waals surface area (Å²) in [4.78, 5) is 34.8. The summed E-state index contributed by atoms with van der Waals surface area (Å²) in [7, 11) is -4.61. The van der Waals surface area contributed by atoms with Crippen LogP contribution in [0.4, 0.5) is 0 Å². The largest absolute Gasteiger partial charge is 0.472 e. The maximum atomic E-state index is 12.6. The number of phosphoric acid groups is 1. The highest BCUT2D eigenvalue weighted by Crippen LogP contribution is 2.43. The van der Waals surface area contributed by atoms with Crippen molar-refractivity contribution in [2.45, 2.75) is 199 Å². The molecule has 0 fully saturated rings. The molecule has 0 saturated heterocycles. The first kappa shape index (κ1) is 48.7. The van der Waals surface area contributed by atoms with E-state index in [9.17, 15) is 24.2 Å². The average molecular weight is 735 g/mol. The van der Waals surface area contributed by atoms with Crippen LogP contribution in [0, 0.1) is 0 Å². The van der Waals surface area contributed by atoms with Crippen molar-refractivity contribution in [1.29, 1.82) is 0 Å². The van der Waals surface area contributed by atoms with E-state index in [2.05, 4.69) is 30.5 Å². The van der Waals surface area contributed by atoms with Gasteiger partial charge in [0.1, 0.15) is 12.7 Å². The fraction of sp³-hybridized carbons (Fsp3) is 0.897. The lowest BCUT2D eigenvalue weighted by molar-refractivity contribution is -0.161. The van der Waals surface area contributed by atoms with Crippen LogP contribution in [0.2, 0.25) is 0 Å². The van der Waals surface area contributed by atoms with Gasteiger partial charge < -0.3 is 24.6 Å². The number of carbonyl (C=O) groups is 2. The molecule has 0 heterocycles. The number of hydrogen-bond acceptors (Lipinski definition) is 9. The monoisotopic (exact) mass is 735 g/mol. The number of esters is 2. The number of unbranched alkanes of at least 4 members (excludes halogenated alkanes) is 22. The highest BCUT2D eigenvalue weighted by molar-refractivity contribution is 7.47. The van der Waals surface area contributed by atoms with Gasteiger partial charge in [-0.2, -0.15) is 0 Å². The minimum Gasteiger partial charge on any atom is -0.462 e. The van der Waals surface area contributed by atoms with E-state index in [0.717, 1.165) is 57.8 Å². The van der Waals surface area contributed by atoms with Crippen LogP contribution in [-0.4, -0.2) is 65.7 Å². The summed E-state index contributed by atoms with van der Waals surface area (Å²) in [5, 5.41) is 18.3. The molecule has 0 radical (unpaired) electrons. The second-order valence-corrected chi connectivity index (χ2v) is 15.1. The van der Waals surface area contributed by atoms with Gasteiger partial charge in [0.25, 0.3) is 0 Å². The summed E-state index contributed by atoms with van der Waals surface area (Å²) < 4.78 is 32.6. The summed E-state index contributed by atoms with van der Waals surface area (Å²) in [6.45, 7) is 2.36. The Kier molecular flexibility index (Phi) is 35.2. The van der Waals surface area contributed by atoms with Crippen molar-refractivity contribution in [1.82, 2.24) is 0 Å². The molecule has 0 aliphatic carbocycles. The molecule has 3 N–H and O–H groups in total. The number of phosphoric ester groups is 1. The molecule has 0 aromatic rings. The van der Waals surface area contributed by atoms with Crippen LogP contribution < -0.4 is 0 Å². The van der Waals surface area contributed by atoms with E-state index in [0.29, 0.717) is 12.8 Å². The Morgan fingerprint density at radius 3 is 1.46 bits per heavy atom. The van der Waals surface area contributed by atoms with Crippen molar-refractivity contribution in [3.63, 3.8) is 0 Å². The van der Waals surface area contributed by atoms with Gasteiger partial charge in [0.15, 0.2) is 6.10 Å². The summed E-state index contributed by atoms with van der Waals surface area (Å²) in [6, 6.07) is 0. The van der Waals surface area contributed by atoms with E-state index in [-0.39, 0.29) is 19.4 Å². The first-order valence-electron chi connectivity index (χ1n) is 20.1. The van der Waals surface area contributed by atoms with E-state index >= 15 is 0 Å². The van der Waals surface area contributed by atoms with E-state index in [1.807, 2.05) is 0 Å². The third-order valence-corrected chi connectivity index (χ3v) is 9.62. The molecule has 3 atom stereocenters. The van der Waals surface area contributed by atoms with Crippen molar-refractivity contribution in [3.8, 4) is 0 Å². The van der Waals surface area contributed by atoms with Gasteiger partial charge >= 0.3 is 19.8 Å². The van der Waals surface area contributed by atoms with Crippen LogP contribution in [0.15, 0.2) is 12.2 Å². The lowest BCUT2D eigenvalue weighted by Gasteiger charge is -2.20. The van der Waals surface area contributed by atoms with Crippen LogP contribution in [0.1, 0.15) is 187 Å². The molecule has 0 amide bonds. The number of carbonyl (C=O) groups excluding carboxylic acids is 2. The number of ether oxygens (including phenoxy) is 2. The van der Waals surface area contributed by atoms with Gasteiger partial charge in [-0.3, -0.25) is 18.6 Å². The molecule has 0 aliphatic rings. The first-order valence-corrected chi connectivity index (χ1v) is 21.6. The molecule has 296 valence electrons. The summed E-state index contributed by atoms with van der Waals surface area (Å²) >= 11 is 0. The molecule has 0 aromatic heterocycles. The highest BCUT2D eigenvalue weighted by atomic mass is 31.2. The lowest BCUT2D eigenvalue weighted by atomic mass is 10.0. The Morgan fingerprint density at radius 2 is 0.980 bits per heavy atom. The topological polar surface area (TPSA) is 149 Å². The van der Waals surface area contributed by atoms with E-state index in [4.69, 9.17) is 19.1 Å². The first-order chi connectivity index (χ1) is 24.2. The zero-order chi connectivity index (χ0) is 37.0. The number of aliphatic hydroxyl groups excluding tert-OH is 2. The molecule has 11 heteroatoms. The molecule has 50 heavy (non-hydrogen) atoms. The summed E-state index contributed by atoms with van der Waals surface area (Å²) in [5.41, 5.74) is 0. The van der Waals surface area contributed by atoms with Crippen molar-refractivity contribution < 1.29 is 47.8 Å². The predicted molar refractivity (Wildman–Crippen MR) is 201 cm³/mol. The SMILES string of the molecule is CCCCCC/C=C/CCCCCCCC(=O)OC[C@H](COP(=O)(O)OC[C@@H](O)CO)OC(=O)CCCCCCCCCCCCCCCC. The lowest BCUT2D eigenvalue weighted by Crippen LogP contribution is -2.29. The summed E-state index contributed by atoms with van der Waals surface area (Å²) in [5.74, 6) is -0.928. The van der Waals surface area contributed by atoms with Gasteiger partial charge in [0.05, 0.1) is 19.8 Å². The van der Waals surface area contributed by atoms with Gasteiger partial charge in [-0.15, -0.1) is 0 Å². The van der Waals surface area contributed by atoms with Crippen LogP contribution in [0.5, 0.6) is 0 Å². The van der Waals surface area contributed by atoms with Crippen LogP contribution >= 0.6 is 7.82 Å². The number of rotatable bonds is 38. The Labute approximate surface area is 305 Å². The molecule has 0 saturated carbocycles. The third-order valence-electron chi connectivity index (χ3n) is 8.67. The quantitative estimate of drug-likeness (QED) is 0.0242. The van der Waals surface area contributed by atoms with Crippen LogP contribution in [0.3, 0.4) is 0 Å². The number of aliphatic hydroxyl groups is 2. The predicted octanol–water partition coefficient (Wildman–Crippen LogP) is 10.1. The number of hydrogen-bond donors (Lipinski definition) is 3. The van der Waals surface area contributed by atoms with Gasteiger partial charge in [0, 0.05) is 12.8 Å². The molecular formula is C39H75O10P. The fourth-order valence-corrected chi connectivity index (χ4v) is 6.31. The molecule has 0 spiro atoms. The van der Waals surface area contributed by atoms with E-state index < -0.39 is 51.8 Å². The van der Waals surface area contributed by atoms with Crippen molar-refractivity contribution in [3.05, 3.63) is 12.2 Å². The molecule has 1 unspecified atom stereocenters. The van der Waals surface area contributed by atoms with Gasteiger partial charge in [-0.25, -0.2) is 4.57 Å². The number of allylic oxidation sites excluding steroid dienone is 2. The smallest absolute Gasteiger partial charge is 0.462 e. The van der Waals surface area contributed by atoms with Crippen molar-refractivity contribution in [2.75, 3.05) is 26.4 Å². The standard InChI is InChI=1S/C39H75O10P/c1-3-5-7-9-11-13-15-17-19-21-23-25-27-29-31-39(43)49-37(35-48-50(44,45)47-33-36(41)32-40)34-46-38(42)30-28-26-24-22-20-18-16-14-12-10-8-6-4-2/h14,16,36-37,40-41H,3-13,15,17-35H2,1-2H3,(H,44,45)/b16-14+/t36-,37+/m0/s1. The minimum absolute atomic E-state index is 0.188. The highest BCUT2D eigenvalue weighted by Gasteiger charge is 2.27. The van der Waals surface area contributed by atoms with Gasteiger partial charge in [-0.1, -0.05) is 148 Å². The van der Waals surface area contributed by atoms with Crippen molar-refractivity contribution in [2.24, 2.45) is 0 Å². The average Bonchev–Trinajstić information content (AvgIpc) is 3.10. The Bertz CT molecular complexity index is 853. The van der Waals surface area contributed by atoms with Gasteiger partial charge in [0.2, 0.25) is 0 Å². The zero-order valence-corrected chi connectivity index (χ0v) is 32.8. The zero-order valence-electron chi connectivity index (χ0n) is 31.9. The molecular weight excluding hydrogens is 659 g/mol.